The number of urea groups is 1. The Bertz CT molecular complexity index is 1610. The molecular formula is C34H35N3O4S3. The number of thiophene rings is 1. The third-order valence-electron chi connectivity index (χ3n) is 7.82. The number of thioether (sulfide) groups is 2. The number of aryl methyl sites for hydroxylation is 1. The van der Waals surface area contributed by atoms with Gasteiger partial charge in [-0.2, -0.15) is 0 Å². The number of benzene rings is 2. The van der Waals surface area contributed by atoms with E-state index >= 15 is 0 Å². The number of ether oxygens (including phenoxy) is 1. The van der Waals surface area contributed by atoms with E-state index in [1.165, 1.54) is 34.4 Å². The molecule has 2 aliphatic carbocycles. The van der Waals surface area contributed by atoms with Gasteiger partial charge in [0.15, 0.2) is 0 Å². The van der Waals surface area contributed by atoms with Crippen LogP contribution in [0.2, 0.25) is 0 Å². The van der Waals surface area contributed by atoms with Crippen molar-refractivity contribution in [3.8, 4) is 0 Å². The molecule has 228 valence electrons. The zero-order chi connectivity index (χ0) is 30.5. The summed E-state index contributed by atoms with van der Waals surface area (Å²) >= 11 is 4.66. The van der Waals surface area contributed by atoms with E-state index in [0.717, 1.165) is 53.1 Å². The second-order valence-electron chi connectivity index (χ2n) is 10.8. The van der Waals surface area contributed by atoms with E-state index in [9.17, 15) is 14.4 Å². The molecule has 1 aliphatic heterocycles. The molecule has 2 unspecified atom stereocenters. The molecule has 3 aliphatic rings. The van der Waals surface area contributed by atoms with Crippen LogP contribution in [0.3, 0.4) is 0 Å². The molecule has 44 heavy (non-hydrogen) atoms. The van der Waals surface area contributed by atoms with Gasteiger partial charge < -0.3 is 15.4 Å². The molecule has 0 radical (unpaired) electrons. The maximum absolute atomic E-state index is 13.7. The highest BCUT2D eigenvalue weighted by Gasteiger charge is 2.36. The molecule has 0 spiro atoms. The molecule has 0 fully saturated rings. The number of rotatable bonds is 7. The summed E-state index contributed by atoms with van der Waals surface area (Å²) in [5.41, 5.74) is 3.12. The second-order valence-corrected chi connectivity index (χ2v) is 14.2. The van der Waals surface area contributed by atoms with Crippen molar-refractivity contribution < 1.29 is 19.1 Å². The van der Waals surface area contributed by atoms with E-state index in [4.69, 9.17) is 4.74 Å². The Labute approximate surface area is 270 Å². The Kier molecular flexibility index (Phi) is 9.79. The lowest BCUT2D eigenvalue weighted by Crippen LogP contribution is -2.49. The van der Waals surface area contributed by atoms with Crippen LogP contribution < -0.4 is 15.5 Å². The highest BCUT2D eigenvalue weighted by atomic mass is 32.2. The van der Waals surface area contributed by atoms with Gasteiger partial charge in [0.25, 0.3) is 0 Å². The minimum Gasteiger partial charge on any atom is -0.462 e. The van der Waals surface area contributed by atoms with Gasteiger partial charge in [0.1, 0.15) is 5.00 Å². The maximum atomic E-state index is 13.7. The molecule has 3 aromatic rings. The van der Waals surface area contributed by atoms with Crippen molar-refractivity contribution in [2.24, 2.45) is 0 Å². The molecule has 0 saturated carbocycles. The number of anilines is 3. The molecule has 2 N–H and O–H groups in total. The first-order chi connectivity index (χ1) is 21.5. The van der Waals surface area contributed by atoms with Crippen LogP contribution in [0.5, 0.6) is 0 Å². The lowest BCUT2D eigenvalue weighted by molar-refractivity contribution is -0.113. The predicted molar refractivity (Wildman–Crippen MR) is 182 cm³/mol. The largest absolute Gasteiger partial charge is 0.462 e. The van der Waals surface area contributed by atoms with Crippen molar-refractivity contribution in [3.63, 3.8) is 0 Å². The van der Waals surface area contributed by atoms with E-state index in [1.807, 2.05) is 59.5 Å². The van der Waals surface area contributed by atoms with Gasteiger partial charge in [0, 0.05) is 20.4 Å². The summed E-state index contributed by atoms with van der Waals surface area (Å²) < 4.78 is 5.38. The number of allylic oxidation sites excluding steroid dienone is 2. The van der Waals surface area contributed by atoms with Crippen molar-refractivity contribution >= 4 is 69.1 Å². The average Bonchev–Trinajstić information content (AvgIpc) is 3.34. The molecule has 10 heteroatoms. The average molecular weight is 646 g/mol. The molecule has 7 nitrogen and oxygen atoms in total. The number of hydrogen-bond donors (Lipinski definition) is 2. The number of esters is 1. The number of hydrogen-bond acceptors (Lipinski definition) is 7. The monoisotopic (exact) mass is 645 g/mol. The van der Waals surface area contributed by atoms with Gasteiger partial charge in [-0.25, -0.2) is 9.59 Å². The highest BCUT2D eigenvalue weighted by molar-refractivity contribution is 8.00. The van der Waals surface area contributed by atoms with Gasteiger partial charge in [-0.3, -0.25) is 9.69 Å². The Morgan fingerprint density at radius 3 is 2.66 bits per heavy atom. The zero-order valence-corrected chi connectivity index (χ0v) is 27.0. The molecule has 2 aromatic carbocycles. The number of fused-ring (bicyclic) bond motifs is 3. The highest BCUT2D eigenvalue weighted by Crippen LogP contribution is 2.44. The van der Waals surface area contributed by atoms with Gasteiger partial charge >= 0.3 is 12.0 Å². The normalized spacial score (nSPS) is 18.7. The molecule has 0 bridgehead atoms. The summed E-state index contributed by atoms with van der Waals surface area (Å²) in [4.78, 5) is 44.6. The van der Waals surface area contributed by atoms with Crippen LogP contribution in [-0.4, -0.2) is 41.6 Å². The summed E-state index contributed by atoms with van der Waals surface area (Å²) in [6.07, 6.45) is 14.4. The Hall–Kier alpha value is -3.47. The number of nitrogens with one attached hydrogen (secondary N) is 2. The first-order valence-corrected chi connectivity index (χ1v) is 17.7. The predicted octanol–water partition coefficient (Wildman–Crippen LogP) is 8.32. The molecule has 3 amide bonds. The maximum Gasteiger partial charge on any atom is 0.341 e. The molecule has 6 rings (SSSR count). The summed E-state index contributed by atoms with van der Waals surface area (Å²) in [6.45, 7) is 2.09. The van der Waals surface area contributed by atoms with Crippen LogP contribution >= 0.6 is 34.9 Å². The number of carbonyl (C=O) groups is 3. The molecular weight excluding hydrogens is 611 g/mol. The van der Waals surface area contributed by atoms with E-state index in [-0.39, 0.29) is 41.6 Å². The molecule has 2 atom stereocenters. The first-order valence-electron chi connectivity index (χ1n) is 15.1. The zero-order valence-electron chi connectivity index (χ0n) is 24.5. The van der Waals surface area contributed by atoms with Crippen molar-refractivity contribution in [2.45, 2.75) is 66.5 Å². The van der Waals surface area contributed by atoms with E-state index in [2.05, 4.69) is 28.9 Å². The van der Waals surface area contributed by atoms with E-state index < -0.39 is 0 Å². The fourth-order valence-electron chi connectivity index (χ4n) is 5.81. The van der Waals surface area contributed by atoms with E-state index in [0.29, 0.717) is 16.3 Å². The number of para-hydroxylation sites is 1. The van der Waals surface area contributed by atoms with Crippen LogP contribution in [0, 0.1) is 0 Å². The van der Waals surface area contributed by atoms with Crippen LogP contribution in [0.15, 0.2) is 82.6 Å². The topological polar surface area (TPSA) is 87.7 Å². The Balaban J connectivity index is 1.13. The van der Waals surface area contributed by atoms with Crippen LogP contribution in [0.25, 0.3) is 0 Å². The van der Waals surface area contributed by atoms with Crippen molar-refractivity contribution in [2.75, 3.05) is 27.9 Å². The first kappa shape index (κ1) is 30.6. The van der Waals surface area contributed by atoms with Crippen molar-refractivity contribution in [3.05, 3.63) is 88.8 Å². The SMILES string of the molecule is CCOC(=O)c1c(NC(=O)CSc2cccc(NC(=O)N3c4ccccc4SC4C=CC=CC43)c2)sc2c1CCCCCC2. The summed E-state index contributed by atoms with van der Waals surface area (Å²) in [7, 11) is 0. The number of amides is 3. The van der Waals surface area contributed by atoms with Crippen LogP contribution in [0.1, 0.15) is 53.4 Å². The van der Waals surface area contributed by atoms with Gasteiger partial charge in [-0.15, -0.1) is 34.9 Å². The van der Waals surface area contributed by atoms with E-state index in [1.54, 1.807) is 18.7 Å². The molecule has 2 heterocycles. The second kappa shape index (κ2) is 14.1. The lowest BCUT2D eigenvalue weighted by atomic mass is 9.96. The van der Waals surface area contributed by atoms with Gasteiger partial charge in [-0.1, -0.05) is 55.3 Å². The molecule has 0 saturated heterocycles. The Morgan fingerprint density at radius 1 is 0.977 bits per heavy atom. The van der Waals surface area contributed by atoms with Crippen LogP contribution in [-0.2, 0) is 22.4 Å². The number of nitrogens with zero attached hydrogens (tertiary/aromatic N) is 1. The standard InChI is InChI=1S/C34H35N3O4S3/c1-2-41-33(39)31-24-14-5-3-4-6-17-27(24)44-32(31)36-30(38)21-42-23-13-11-12-22(20-23)35-34(40)37-25-15-7-9-18-28(25)43-29-19-10-8-16-26(29)37/h7-13,15-16,18-20,25,28H,2-6,14,17,21H2,1H3,(H,35,40)(H,36,38). The van der Waals surface area contributed by atoms with Gasteiger partial charge in [0.2, 0.25) is 5.91 Å². The fourth-order valence-corrected chi connectivity index (χ4v) is 9.12. The third-order valence-corrected chi connectivity index (χ3v) is 11.3. The number of carbonyl (C=O) groups excluding carboxylic acids is 3. The summed E-state index contributed by atoms with van der Waals surface area (Å²) in [5, 5.41) is 6.83. The van der Waals surface area contributed by atoms with Crippen molar-refractivity contribution in [1.82, 2.24) is 0 Å². The molecule has 1 aromatic heterocycles. The fraction of sp³-hybridized carbons (Fsp3) is 0.324. The smallest absolute Gasteiger partial charge is 0.341 e. The van der Waals surface area contributed by atoms with Crippen molar-refractivity contribution in [1.29, 1.82) is 0 Å². The minimum atomic E-state index is -0.363. The van der Waals surface area contributed by atoms with Gasteiger partial charge in [0.05, 0.1) is 34.9 Å². The lowest BCUT2D eigenvalue weighted by Gasteiger charge is -2.40. The summed E-state index contributed by atoms with van der Waals surface area (Å²) in [5.74, 6) is -0.382. The Morgan fingerprint density at radius 2 is 1.80 bits per heavy atom. The van der Waals surface area contributed by atoms with Crippen LogP contribution in [0.4, 0.5) is 21.2 Å². The third kappa shape index (κ3) is 6.77. The van der Waals surface area contributed by atoms with Gasteiger partial charge in [-0.05, 0) is 68.5 Å². The summed E-state index contributed by atoms with van der Waals surface area (Å²) in [6, 6.07) is 15.2. The quantitative estimate of drug-likeness (QED) is 0.199. The minimum absolute atomic E-state index is 0.0858.